The van der Waals surface area contributed by atoms with Crippen molar-refractivity contribution >= 4 is 11.9 Å². The molecule has 1 aromatic rings. The van der Waals surface area contributed by atoms with E-state index >= 15 is 0 Å². The lowest BCUT2D eigenvalue weighted by Gasteiger charge is -2.31. The maximum atomic E-state index is 10.9. The van der Waals surface area contributed by atoms with Crippen LogP contribution in [0.15, 0.2) is 12.3 Å². The van der Waals surface area contributed by atoms with E-state index in [9.17, 15) is 4.79 Å². The number of hydrogen-bond donors (Lipinski definition) is 1. The molecule has 5 nitrogen and oxygen atoms in total. The Morgan fingerprint density at radius 1 is 1.33 bits per heavy atom. The number of fused-ring (bicyclic) bond motifs is 1. The lowest BCUT2D eigenvalue weighted by Crippen LogP contribution is -2.36. The molecule has 2 atom stereocenters. The van der Waals surface area contributed by atoms with Gasteiger partial charge in [0.2, 0.25) is 5.95 Å². The number of carbonyl (C=O) groups is 1. The fraction of sp³-hybridized carbons (Fsp3) is 0.615. The van der Waals surface area contributed by atoms with Gasteiger partial charge in [0.25, 0.3) is 0 Å². The van der Waals surface area contributed by atoms with E-state index in [-0.39, 0.29) is 5.69 Å². The number of anilines is 1. The number of aromatic nitrogens is 2. The van der Waals surface area contributed by atoms with E-state index in [1.807, 2.05) is 0 Å². The van der Waals surface area contributed by atoms with E-state index in [0.29, 0.717) is 12.0 Å². The Balaban J connectivity index is 1.86. The van der Waals surface area contributed by atoms with Crippen molar-refractivity contribution in [2.75, 3.05) is 11.4 Å². The van der Waals surface area contributed by atoms with Crippen LogP contribution in [-0.2, 0) is 0 Å². The van der Waals surface area contributed by atoms with Crippen LogP contribution < -0.4 is 4.90 Å². The number of carboxylic acids is 1. The van der Waals surface area contributed by atoms with Gasteiger partial charge in [-0.05, 0) is 31.2 Å². The normalized spacial score (nSPS) is 27.0. The Hall–Kier alpha value is -1.65. The van der Waals surface area contributed by atoms with Gasteiger partial charge in [0.1, 0.15) is 0 Å². The van der Waals surface area contributed by atoms with Crippen molar-refractivity contribution in [1.29, 1.82) is 0 Å². The highest BCUT2D eigenvalue weighted by Gasteiger charge is 2.36. The first-order chi connectivity index (χ1) is 8.75. The molecule has 2 aliphatic rings. The van der Waals surface area contributed by atoms with Crippen LogP contribution >= 0.6 is 0 Å². The Bertz CT molecular complexity index is 463. The van der Waals surface area contributed by atoms with Gasteiger partial charge in [0.05, 0.1) is 0 Å². The van der Waals surface area contributed by atoms with Crippen molar-refractivity contribution in [2.45, 2.75) is 38.1 Å². The molecule has 0 bridgehead atoms. The largest absolute Gasteiger partial charge is 0.477 e. The van der Waals surface area contributed by atoms with Gasteiger partial charge >= 0.3 is 5.97 Å². The summed E-state index contributed by atoms with van der Waals surface area (Å²) < 4.78 is 0. The van der Waals surface area contributed by atoms with Crippen molar-refractivity contribution < 1.29 is 9.90 Å². The summed E-state index contributed by atoms with van der Waals surface area (Å²) in [6.45, 7) is 0.957. The van der Waals surface area contributed by atoms with E-state index in [0.717, 1.165) is 12.5 Å². The minimum atomic E-state index is -0.988. The fourth-order valence-electron chi connectivity index (χ4n) is 3.26. The predicted octanol–water partition coefficient (Wildman–Crippen LogP) is 1.94. The molecule has 2 unspecified atom stereocenters. The minimum absolute atomic E-state index is 0.0826. The molecule has 1 saturated carbocycles. The van der Waals surface area contributed by atoms with Gasteiger partial charge in [-0.15, -0.1) is 0 Å². The molecule has 1 saturated heterocycles. The molecule has 2 fully saturated rings. The summed E-state index contributed by atoms with van der Waals surface area (Å²) in [5, 5.41) is 8.98. The van der Waals surface area contributed by atoms with Gasteiger partial charge in [0, 0.05) is 18.8 Å². The third-order valence-electron chi connectivity index (χ3n) is 4.13. The minimum Gasteiger partial charge on any atom is -0.477 e. The number of aromatic carboxylic acids is 1. The van der Waals surface area contributed by atoms with Gasteiger partial charge in [0.15, 0.2) is 5.69 Å². The lowest BCUT2D eigenvalue weighted by molar-refractivity contribution is 0.0690. The van der Waals surface area contributed by atoms with Crippen LogP contribution in [0.4, 0.5) is 5.95 Å². The molecule has 0 radical (unpaired) electrons. The van der Waals surface area contributed by atoms with Crippen molar-refractivity contribution in [3.8, 4) is 0 Å². The highest BCUT2D eigenvalue weighted by Crippen LogP contribution is 2.37. The molecule has 5 heteroatoms. The van der Waals surface area contributed by atoms with Gasteiger partial charge in [-0.25, -0.2) is 14.8 Å². The summed E-state index contributed by atoms with van der Waals surface area (Å²) in [6.07, 6.45) is 7.79. The lowest BCUT2D eigenvalue weighted by atomic mass is 9.85. The molecule has 3 rings (SSSR count). The second kappa shape index (κ2) is 4.55. The SMILES string of the molecule is O=C(O)c1ccnc(N2CCC3CCCCC32)n1. The van der Waals surface area contributed by atoms with E-state index in [4.69, 9.17) is 5.11 Å². The molecule has 0 aromatic carbocycles. The van der Waals surface area contributed by atoms with E-state index in [2.05, 4.69) is 14.9 Å². The van der Waals surface area contributed by atoms with E-state index < -0.39 is 5.97 Å². The molecule has 0 amide bonds. The maximum absolute atomic E-state index is 10.9. The first-order valence-electron chi connectivity index (χ1n) is 6.58. The van der Waals surface area contributed by atoms with Crippen molar-refractivity contribution in [3.05, 3.63) is 18.0 Å². The summed E-state index contributed by atoms with van der Waals surface area (Å²) in [5.74, 6) is 0.346. The van der Waals surface area contributed by atoms with E-state index in [1.54, 1.807) is 6.20 Å². The van der Waals surface area contributed by atoms with Crippen molar-refractivity contribution in [2.24, 2.45) is 5.92 Å². The van der Waals surface area contributed by atoms with Gasteiger partial charge in [-0.1, -0.05) is 12.8 Å². The molecule has 1 aliphatic carbocycles. The molecule has 18 heavy (non-hydrogen) atoms. The third-order valence-corrected chi connectivity index (χ3v) is 4.13. The highest BCUT2D eigenvalue weighted by atomic mass is 16.4. The Labute approximate surface area is 106 Å². The van der Waals surface area contributed by atoms with Gasteiger partial charge < -0.3 is 10.0 Å². The molecule has 96 valence electrons. The number of rotatable bonds is 2. The number of hydrogen-bond acceptors (Lipinski definition) is 4. The van der Waals surface area contributed by atoms with Crippen LogP contribution in [0.1, 0.15) is 42.6 Å². The first kappa shape index (κ1) is 11.4. The number of carboxylic acid groups (broad SMARTS) is 1. The molecule has 1 aromatic heterocycles. The molecule has 2 heterocycles. The zero-order chi connectivity index (χ0) is 12.5. The summed E-state index contributed by atoms with van der Waals surface area (Å²) in [7, 11) is 0. The Morgan fingerprint density at radius 3 is 3.00 bits per heavy atom. The zero-order valence-corrected chi connectivity index (χ0v) is 10.2. The summed E-state index contributed by atoms with van der Waals surface area (Å²) in [5.41, 5.74) is 0.0826. The van der Waals surface area contributed by atoms with Gasteiger partial charge in [-0.2, -0.15) is 0 Å². The highest BCUT2D eigenvalue weighted by molar-refractivity contribution is 5.85. The van der Waals surface area contributed by atoms with Crippen LogP contribution in [-0.4, -0.2) is 33.6 Å². The Morgan fingerprint density at radius 2 is 2.17 bits per heavy atom. The first-order valence-corrected chi connectivity index (χ1v) is 6.58. The van der Waals surface area contributed by atoms with Crippen molar-refractivity contribution in [1.82, 2.24) is 9.97 Å². The maximum Gasteiger partial charge on any atom is 0.354 e. The van der Waals surface area contributed by atoms with E-state index in [1.165, 1.54) is 38.2 Å². The smallest absolute Gasteiger partial charge is 0.354 e. The number of nitrogens with zero attached hydrogens (tertiary/aromatic N) is 3. The summed E-state index contributed by atoms with van der Waals surface area (Å²) in [6, 6.07) is 1.96. The summed E-state index contributed by atoms with van der Waals surface area (Å²) in [4.78, 5) is 21.6. The molecule has 1 N–H and O–H groups in total. The second-order valence-electron chi connectivity index (χ2n) is 5.14. The van der Waals surface area contributed by atoms with Crippen molar-refractivity contribution in [3.63, 3.8) is 0 Å². The van der Waals surface area contributed by atoms with Crippen LogP contribution in [0.25, 0.3) is 0 Å². The predicted molar refractivity (Wildman–Crippen MR) is 66.7 cm³/mol. The standard InChI is InChI=1S/C13H17N3O2/c17-12(18)10-5-7-14-13(15-10)16-8-6-9-3-1-2-4-11(9)16/h5,7,9,11H,1-4,6,8H2,(H,17,18). The van der Waals surface area contributed by atoms with Crippen LogP contribution in [0.2, 0.25) is 0 Å². The van der Waals surface area contributed by atoms with Crippen LogP contribution in [0.5, 0.6) is 0 Å². The van der Waals surface area contributed by atoms with Gasteiger partial charge in [-0.3, -0.25) is 0 Å². The fourth-order valence-corrected chi connectivity index (χ4v) is 3.26. The second-order valence-corrected chi connectivity index (χ2v) is 5.14. The van der Waals surface area contributed by atoms with Crippen LogP contribution in [0.3, 0.4) is 0 Å². The average Bonchev–Trinajstić information content (AvgIpc) is 2.82. The Kier molecular flexibility index (Phi) is 2.89. The van der Waals surface area contributed by atoms with Crippen LogP contribution in [0, 0.1) is 5.92 Å². The average molecular weight is 247 g/mol. The third kappa shape index (κ3) is 1.94. The molecule has 0 spiro atoms. The zero-order valence-electron chi connectivity index (χ0n) is 10.2. The topological polar surface area (TPSA) is 66.3 Å². The molecule has 1 aliphatic heterocycles. The molecular formula is C13H17N3O2. The molecular weight excluding hydrogens is 230 g/mol. The quantitative estimate of drug-likeness (QED) is 0.865. The monoisotopic (exact) mass is 247 g/mol. The summed E-state index contributed by atoms with van der Waals surface area (Å²) >= 11 is 0.